The van der Waals surface area contributed by atoms with Crippen LogP contribution in [0.3, 0.4) is 0 Å². The van der Waals surface area contributed by atoms with Gasteiger partial charge in [0.1, 0.15) is 6.07 Å². The van der Waals surface area contributed by atoms with Crippen molar-refractivity contribution in [2.24, 2.45) is 5.92 Å². The van der Waals surface area contributed by atoms with E-state index in [2.05, 4.69) is 19.9 Å². The van der Waals surface area contributed by atoms with Crippen LogP contribution in [0.5, 0.6) is 0 Å². The van der Waals surface area contributed by atoms with Gasteiger partial charge in [-0.3, -0.25) is 0 Å². The van der Waals surface area contributed by atoms with E-state index in [-0.39, 0.29) is 0 Å². The van der Waals surface area contributed by atoms with Crippen LogP contribution < -0.4 is 5.73 Å². The Kier molecular flexibility index (Phi) is 3.53. The van der Waals surface area contributed by atoms with Gasteiger partial charge >= 0.3 is 0 Å². The minimum atomic E-state index is 0.570. The number of anilines is 1. The molecular weight excluding hydrogens is 172 g/mol. The largest absolute Gasteiger partial charge is 0.398 e. The summed E-state index contributed by atoms with van der Waals surface area (Å²) < 4.78 is 0. The van der Waals surface area contributed by atoms with Crippen LogP contribution in [0.25, 0.3) is 0 Å². The Morgan fingerprint density at radius 3 is 2.71 bits per heavy atom. The normalized spacial score (nSPS) is 10.1. The Labute approximate surface area is 85.4 Å². The maximum atomic E-state index is 8.79. The first-order valence-corrected chi connectivity index (χ1v) is 4.92. The number of nitrogens with two attached hydrogens (primary N) is 1. The van der Waals surface area contributed by atoms with Gasteiger partial charge in [-0.2, -0.15) is 5.26 Å². The summed E-state index contributed by atoms with van der Waals surface area (Å²) in [4.78, 5) is 0. The number of nitriles is 1. The van der Waals surface area contributed by atoms with Crippen LogP contribution in [-0.4, -0.2) is 0 Å². The standard InChI is InChI=1S/C12H16N2/c1-9(2)3-4-10-5-6-12(14)11(7-10)8-13/h5-7,9H,3-4,14H2,1-2H3. The highest BCUT2D eigenvalue weighted by molar-refractivity contribution is 5.55. The van der Waals surface area contributed by atoms with Gasteiger partial charge in [0.05, 0.1) is 5.56 Å². The van der Waals surface area contributed by atoms with Gasteiger partial charge in [0.2, 0.25) is 0 Å². The third-order valence-electron chi connectivity index (χ3n) is 2.25. The Hall–Kier alpha value is -1.49. The van der Waals surface area contributed by atoms with E-state index in [0.29, 0.717) is 17.2 Å². The van der Waals surface area contributed by atoms with Gasteiger partial charge < -0.3 is 5.73 Å². The van der Waals surface area contributed by atoms with Crippen LogP contribution in [0.2, 0.25) is 0 Å². The lowest BCUT2D eigenvalue weighted by atomic mass is 10.0. The highest BCUT2D eigenvalue weighted by Crippen LogP contribution is 2.15. The monoisotopic (exact) mass is 188 g/mol. The average molecular weight is 188 g/mol. The van der Waals surface area contributed by atoms with Crippen LogP contribution in [0, 0.1) is 17.2 Å². The summed E-state index contributed by atoms with van der Waals surface area (Å²) >= 11 is 0. The number of hydrogen-bond acceptors (Lipinski definition) is 2. The smallest absolute Gasteiger partial charge is 0.101 e. The van der Waals surface area contributed by atoms with Crippen LogP contribution >= 0.6 is 0 Å². The van der Waals surface area contributed by atoms with E-state index >= 15 is 0 Å². The lowest BCUT2D eigenvalue weighted by Crippen LogP contribution is -1.95. The van der Waals surface area contributed by atoms with E-state index in [9.17, 15) is 0 Å². The Balaban J connectivity index is 2.76. The molecule has 2 N–H and O–H groups in total. The lowest BCUT2D eigenvalue weighted by molar-refractivity contribution is 0.587. The van der Waals surface area contributed by atoms with Crippen molar-refractivity contribution in [1.82, 2.24) is 0 Å². The van der Waals surface area contributed by atoms with E-state index in [1.54, 1.807) is 0 Å². The zero-order chi connectivity index (χ0) is 10.6. The molecule has 0 aliphatic carbocycles. The Morgan fingerprint density at radius 2 is 2.14 bits per heavy atom. The van der Waals surface area contributed by atoms with E-state index in [0.717, 1.165) is 12.8 Å². The first-order chi connectivity index (χ1) is 6.63. The molecule has 74 valence electrons. The van der Waals surface area contributed by atoms with Crippen molar-refractivity contribution >= 4 is 5.69 Å². The SMILES string of the molecule is CC(C)CCc1ccc(N)c(C#N)c1. The lowest BCUT2D eigenvalue weighted by Gasteiger charge is -2.05. The van der Waals surface area contributed by atoms with Gasteiger partial charge in [-0.05, 0) is 36.5 Å². The number of nitrogen functional groups attached to an aromatic ring is 1. The molecule has 0 saturated heterocycles. The van der Waals surface area contributed by atoms with Crippen molar-refractivity contribution < 1.29 is 0 Å². The zero-order valence-electron chi connectivity index (χ0n) is 8.75. The van der Waals surface area contributed by atoms with Crippen molar-refractivity contribution in [2.75, 3.05) is 5.73 Å². The van der Waals surface area contributed by atoms with Crippen molar-refractivity contribution in [3.05, 3.63) is 29.3 Å². The summed E-state index contributed by atoms with van der Waals surface area (Å²) in [6, 6.07) is 7.80. The molecule has 0 amide bonds. The molecule has 14 heavy (non-hydrogen) atoms. The summed E-state index contributed by atoms with van der Waals surface area (Å²) in [5.41, 5.74) is 7.99. The van der Waals surface area contributed by atoms with Crippen LogP contribution in [-0.2, 0) is 6.42 Å². The maximum Gasteiger partial charge on any atom is 0.101 e. The molecule has 0 unspecified atom stereocenters. The first-order valence-electron chi connectivity index (χ1n) is 4.92. The molecule has 0 saturated carbocycles. The van der Waals surface area contributed by atoms with Crippen LogP contribution in [0.1, 0.15) is 31.4 Å². The summed E-state index contributed by atoms with van der Waals surface area (Å²) in [5, 5.41) is 8.79. The quantitative estimate of drug-likeness (QED) is 0.741. The topological polar surface area (TPSA) is 49.8 Å². The minimum Gasteiger partial charge on any atom is -0.398 e. The number of hydrogen-bond donors (Lipinski definition) is 1. The predicted molar refractivity (Wildman–Crippen MR) is 58.7 cm³/mol. The summed E-state index contributed by atoms with van der Waals surface area (Å²) in [6.07, 6.45) is 2.17. The summed E-state index contributed by atoms with van der Waals surface area (Å²) in [5.74, 6) is 0.693. The van der Waals surface area contributed by atoms with Gasteiger partial charge in [-0.25, -0.2) is 0 Å². The molecule has 2 nitrogen and oxygen atoms in total. The molecule has 1 aromatic rings. The highest BCUT2D eigenvalue weighted by Gasteiger charge is 2.01. The van der Waals surface area contributed by atoms with Crippen molar-refractivity contribution in [1.29, 1.82) is 5.26 Å². The fourth-order valence-corrected chi connectivity index (χ4v) is 1.31. The second-order valence-electron chi connectivity index (χ2n) is 3.97. The number of benzene rings is 1. The van der Waals surface area contributed by atoms with Gasteiger partial charge in [0.15, 0.2) is 0 Å². The van der Waals surface area contributed by atoms with E-state index in [1.165, 1.54) is 5.56 Å². The van der Waals surface area contributed by atoms with Crippen molar-refractivity contribution in [2.45, 2.75) is 26.7 Å². The van der Waals surface area contributed by atoms with Crippen molar-refractivity contribution in [3.8, 4) is 6.07 Å². The molecule has 0 fully saturated rings. The molecule has 0 atom stereocenters. The third kappa shape index (κ3) is 2.77. The highest BCUT2D eigenvalue weighted by atomic mass is 14.6. The molecule has 0 heterocycles. The minimum absolute atomic E-state index is 0.570. The van der Waals surface area contributed by atoms with Gasteiger partial charge in [-0.15, -0.1) is 0 Å². The molecule has 0 radical (unpaired) electrons. The first kappa shape index (κ1) is 10.6. The second-order valence-corrected chi connectivity index (χ2v) is 3.97. The zero-order valence-corrected chi connectivity index (χ0v) is 8.75. The molecule has 1 aromatic carbocycles. The average Bonchev–Trinajstić information content (AvgIpc) is 2.16. The van der Waals surface area contributed by atoms with E-state index in [4.69, 9.17) is 11.0 Å². The summed E-state index contributed by atoms with van der Waals surface area (Å²) in [6.45, 7) is 4.39. The maximum absolute atomic E-state index is 8.79. The second kappa shape index (κ2) is 4.66. The van der Waals surface area contributed by atoms with Gasteiger partial charge in [-0.1, -0.05) is 19.9 Å². The van der Waals surface area contributed by atoms with Crippen LogP contribution in [0.4, 0.5) is 5.69 Å². The van der Waals surface area contributed by atoms with Gasteiger partial charge in [0.25, 0.3) is 0 Å². The number of rotatable bonds is 3. The molecule has 0 bridgehead atoms. The Bertz CT molecular complexity index is 348. The van der Waals surface area contributed by atoms with E-state index in [1.807, 2.05) is 18.2 Å². The molecule has 2 heteroatoms. The third-order valence-corrected chi connectivity index (χ3v) is 2.25. The number of aryl methyl sites for hydroxylation is 1. The summed E-state index contributed by atoms with van der Waals surface area (Å²) in [7, 11) is 0. The van der Waals surface area contributed by atoms with E-state index < -0.39 is 0 Å². The fourth-order valence-electron chi connectivity index (χ4n) is 1.31. The molecular formula is C12H16N2. The van der Waals surface area contributed by atoms with Crippen LogP contribution in [0.15, 0.2) is 18.2 Å². The molecule has 0 aromatic heterocycles. The van der Waals surface area contributed by atoms with Gasteiger partial charge in [0, 0.05) is 5.69 Å². The Morgan fingerprint density at radius 1 is 1.43 bits per heavy atom. The van der Waals surface area contributed by atoms with Crippen molar-refractivity contribution in [3.63, 3.8) is 0 Å². The predicted octanol–water partition coefficient (Wildman–Crippen LogP) is 2.73. The molecule has 1 rings (SSSR count). The molecule has 0 spiro atoms. The number of nitrogens with zero attached hydrogens (tertiary/aromatic N) is 1. The molecule has 0 aliphatic rings. The fraction of sp³-hybridized carbons (Fsp3) is 0.417. The molecule has 0 aliphatic heterocycles.